The molecule has 1 saturated heterocycles. The monoisotopic (exact) mass is 246 g/mol. The molecule has 1 atom stereocenters. The number of anilines is 1. The molecule has 0 aromatic carbocycles. The van der Waals surface area contributed by atoms with Gasteiger partial charge in [0.05, 0.1) is 6.26 Å². The Morgan fingerprint density at radius 1 is 1.50 bits per heavy atom. The summed E-state index contributed by atoms with van der Waals surface area (Å²) < 4.78 is 5.50. The predicted molar refractivity (Wildman–Crippen MR) is 68.3 cm³/mol. The van der Waals surface area contributed by atoms with E-state index in [9.17, 15) is 10.1 Å². The second kappa shape index (κ2) is 4.16. The SMILES string of the molecule is CC1CCN(c2occ(C(C)(C)C)c2C#N)C1=O. The minimum Gasteiger partial charge on any atom is -0.447 e. The molecule has 1 aliphatic rings. The van der Waals surface area contributed by atoms with Gasteiger partial charge in [0.2, 0.25) is 11.8 Å². The maximum atomic E-state index is 12.0. The first kappa shape index (κ1) is 12.7. The Morgan fingerprint density at radius 2 is 2.17 bits per heavy atom. The molecule has 0 saturated carbocycles. The molecule has 1 fully saturated rings. The van der Waals surface area contributed by atoms with Gasteiger partial charge in [-0.25, -0.2) is 0 Å². The van der Waals surface area contributed by atoms with Gasteiger partial charge in [-0.1, -0.05) is 27.7 Å². The third-order valence-electron chi connectivity index (χ3n) is 3.41. The average Bonchev–Trinajstić information content (AvgIpc) is 2.83. The predicted octanol–water partition coefficient (Wildman–Crippen LogP) is 2.82. The second-order valence-electron chi connectivity index (χ2n) is 5.87. The zero-order valence-corrected chi connectivity index (χ0v) is 11.3. The second-order valence-corrected chi connectivity index (χ2v) is 5.87. The van der Waals surface area contributed by atoms with Crippen molar-refractivity contribution in [1.29, 1.82) is 5.26 Å². The van der Waals surface area contributed by atoms with Gasteiger partial charge < -0.3 is 4.42 Å². The molecule has 18 heavy (non-hydrogen) atoms. The summed E-state index contributed by atoms with van der Waals surface area (Å²) >= 11 is 0. The van der Waals surface area contributed by atoms with Crippen molar-refractivity contribution in [2.75, 3.05) is 11.4 Å². The van der Waals surface area contributed by atoms with Crippen molar-refractivity contribution in [2.24, 2.45) is 5.92 Å². The molecule has 0 radical (unpaired) electrons. The number of carbonyl (C=O) groups is 1. The van der Waals surface area contributed by atoms with Gasteiger partial charge in [-0.2, -0.15) is 5.26 Å². The highest BCUT2D eigenvalue weighted by atomic mass is 16.3. The molecule has 4 heteroatoms. The molecule has 1 aliphatic heterocycles. The lowest BCUT2D eigenvalue weighted by molar-refractivity contribution is -0.120. The zero-order chi connectivity index (χ0) is 13.5. The van der Waals surface area contributed by atoms with Crippen LogP contribution in [0.25, 0.3) is 0 Å². The van der Waals surface area contributed by atoms with Crippen LogP contribution in [0.15, 0.2) is 10.7 Å². The minimum atomic E-state index is -0.165. The van der Waals surface area contributed by atoms with Crippen molar-refractivity contribution in [1.82, 2.24) is 0 Å². The molecule has 2 rings (SSSR count). The Kier molecular flexibility index (Phi) is 2.94. The molecule has 1 aromatic heterocycles. The molecule has 1 unspecified atom stereocenters. The summed E-state index contributed by atoms with van der Waals surface area (Å²) in [6.45, 7) is 8.61. The molecule has 96 valence electrons. The van der Waals surface area contributed by atoms with E-state index in [1.165, 1.54) is 0 Å². The van der Waals surface area contributed by atoms with Crippen LogP contribution in [0.1, 0.15) is 45.2 Å². The Bertz CT molecular complexity index is 517. The van der Waals surface area contributed by atoms with Gasteiger partial charge in [-0.3, -0.25) is 9.69 Å². The van der Waals surface area contributed by atoms with Gasteiger partial charge >= 0.3 is 0 Å². The molecular weight excluding hydrogens is 228 g/mol. The fourth-order valence-corrected chi connectivity index (χ4v) is 2.23. The van der Waals surface area contributed by atoms with Crippen molar-refractivity contribution in [3.05, 3.63) is 17.4 Å². The van der Waals surface area contributed by atoms with Gasteiger partial charge in [0.15, 0.2) is 0 Å². The van der Waals surface area contributed by atoms with Gasteiger partial charge in [0, 0.05) is 18.0 Å². The summed E-state index contributed by atoms with van der Waals surface area (Å²) in [4.78, 5) is 13.6. The highest BCUT2D eigenvalue weighted by Crippen LogP contribution is 2.36. The van der Waals surface area contributed by atoms with Crippen LogP contribution in [0.5, 0.6) is 0 Å². The van der Waals surface area contributed by atoms with Crippen molar-refractivity contribution in [3.63, 3.8) is 0 Å². The van der Waals surface area contributed by atoms with Crippen LogP contribution in [0.2, 0.25) is 0 Å². The maximum Gasteiger partial charge on any atom is 0.232 e. The molecule has 2 heterocycles. The fraction of sp³-hybridized carbons (Fsp3) is 0.571. The summed E-state index contributed by atoms with van der Waals surface area (Å²) in [5.74, 6) is 0.470. The van der Waals surface area contributed by atoms with E-state index in [4.69, 9.17) is 4.42 Å². The smallest absolute Gasteiger partial charge is 0.232 e. The number of hydrogen-bond donors (Lipinski definition) is 0. The van der Waals surface area contributed by atoms with E-state index in [1.807, 2.05) is 27.7 Å². The zero-order valence-electron chi connectivity index (χ0n) is 11.3. The standard InChI is InChI=1S/C14H18N2O2/c1-9-5-6-16(12(9)17)13-10(7-15)11(8-18-13)14(2,3)4/h8-9H,5-6H2,1-4H3. The van der Waals surface area contributed by atoms with Crippen LogP contribution >= 0.6 is 0 Å². The number of nitriles is 1. The fourth-order valence-electron chi connectivity index (χ4n) is 2.23. The van der Waals surface area contributed by atoms with E-state index < -0.39 is 0 Å². The van der Waals surface area contributed by atoms with Crippen LogP contribution in [0.4, 0.5) is 5.88 Å². The Labute approximate surface area is 107 Å². The highest BCUT2D eigenvalue weighted by Gasteiger charge is 2.35. The van der Waals surface area contributed by atoms with E-state index in [-0.39, 0.29) is 17.2 Å². The summed E-state index contributed by atoms with van der Waals surface area (Å²) in [5, 5.41) is 9.32. The molecule has 0 aliphatic carbocycles. The lowest BCUT2D eigenvalue weighted by Gasteiger charge is -2.17. The molecule has 4 nitrogen and oxygen atoms in total. The largest absolute Gasteiger partial charge is 0.447 e. The van der Waals surface area contributed by atoms with E-state index in [0.717, 1.165) is 12.0 Å². The minimum absolute atomic E-state index is 0.0136. The Balaban J connectivity index is 2.45. The van der Waals surface area contributed by atoms with Crippen LogP contribution in [-0.4, -0.2) is 12.5 Å². The first-order chi connectivity index (χ1) is 8.36. The third kappa shape index (κ3) is 1.90. The van der Waals surface area contributed by atoms with Gasteiger partial charge in [-0.15, -0.1) is 0 Å². The number of amides is 1. The first-order valence-corrected chi connectivity index (χ1v) is 6.19. The molecule has 0 spiro atoms. The Morgan fingerprint density at radius 3 is 2.61 bits per heavy atom. The first-order valence-electron chi connectivity index (χ1n) is 6.19. The molecular formula is C14H18N2O2. The van der Waals surface area contributed by atoms with Crippen molar-refractivity contribution in [3.8, 4) is 6.07 Å². The van der Waals surface area contributed by atoms with E-state index in [2.05, 4.69) is 6.07 Å². The quantitative estimate of drug-likeness (QED) is 0.765. The lowest BCUT2D eigenvalue weighted by atomic mass is 9.86. The summed E-state index contributed by atoms with van der Waals surface area (Å²) in [7, 11) is 0. The van der Waals surface area contributed by atoms with Crippen LogP contribution < -0.4 is 4.90 Å². The summed E-state index contributed by atoms with van der Waals surface area (Å²) in [6.07, 6.45) is 2.42. The van der Waals surface area contributed by atoms with E-state index in [1.54, 1.807) is 11.2 Å². The normalized spacial score (nSPS) is 20.3. The molecule has 0 N–H and O–H groups in total. The van der Waals surface area contributed by atoms with Crippen molar-refractivity contribution >= 4 is 11.8 Å². The van der Waals surface area contributed by atoms with E-state index >= 15 is 0 Å². The van der Waals surface area contributed by atoms with Gasteiger partial charge in [-0.05, 0) is 11.8 Å². The van der Waals surface area contributed by atoms with Crippen molar-refractivity contribution in [2.45, 2.75) is 39.5 Å². The van der Waals surface area contributed by atoms with Gasteiger partial charge in [0.1, 0.15) is 11.6 Å². The van der Waals surface area contributed by atoms with E-state index in [0.29, 0.717) is 18.0 Å². The number of nitrogens with zero attached hydrogens (tertiary/aromatic N) is 2. The van der Waals surface area contributed by atoms with Crippen LogP contribution in [0, 0.1) is 17.2 Å². The number of rotatable bonds is 1. The number of hydrogen-bond acceptors (Lipinski definition) is 3. The van der Waals surface area contributed by atoms with Crippen molar-refractivity contribution < 1.29 is 9.21 Å². The topological polar surface area (TPSA) is 57.2 Å². The van der Waals surface area contributed by atoms with Crippen LogP contribution in [-0.2, 0) is 10.2 Å². The third-order valence-corrected chi connectivity index (χ3v) is 3.41. The maximum absolute atomic E-state index is 12.0. The highest BCUT2D eigenvalue weighted by molar-refractivity contribution is 5.96. The molecule has 1 aromatic rings. The lowest BCUT2D eigenvalue weighted by Crippen LogP contribution is -2.26. The number of furan rings is 1. The molecule has 0 bridgehead atoms. The summed E-state index contributed by atoms with van der Waals surface area (Å²) in [6, 6.07) is 2.18. The Hall–Kier alpha value is -1.76. The summed E-state index contributed by atoms with van der Waals surface area (Å²) in [5.41, 5.74) is 1.18. The number of carbonyl (C=O) groups excluding carboxylic acids is 1. The van der Waals surface area contributed by atoms with Crippen LogP contribution in [0.3, 0.4) is 0 Å². The molecule has 1 amide bonds. The average molecular weight is 246 g/mol. The van der Waals surface area contributed by atoms with Gasteiger partial charge in [0.25, 0.3) is 0 Å².